The lowest BCUT2D eigenvalue weighted by Crippen LogP contribution is -2.03. The van der Waals surface area contributed by atoms with E-state index in [1.54, 1.807) is 18.2 Å². The fraction of sp³-hybridized carbons (Fsp3) is 0. The monoisotopic (exact) mass is 363 g/mol. The number of halogens is 3. The molecule has 0 spiro atoms. The smallest absolute Gasteiger partial charge is 0.167 e. The zero-order valence-electron chi connectivity index (χ0n) is 13.9. The fourth-order valence-corrected chi connectivity index (χ4v) is 2.66. The van der Waals surface area contributed by atoms with Crippen LogP contribution in [0.25, 0.3) is 34.2 Å². The Kier molecular flexibility index (Phi) is 4.38. The number of hydrogen-bond donors (Lipinski definition) is 0. The van der Waals surface area contributed by atoms with Crippen LogP contribution in [0.3, 0.4) is 0 Å². The maximum Gasteiger partial charge on any atom is 0.167 e. The summed E-state index contributed by atoms with van der Waals surface area (Å²) in [6, 6.07) is 17.8. The second-order valence-corrected chi connectivity index (χ2v) is 5.75. The number of hydrogen-bond acceptors (Lipinski definition) is 3. The van der Waals surface area contributed by atoms with E-state index in [4.69, 9.17) is 0 Å². The fourth-order valence-electron chi connectivity index (χ4n) is 2.66. The van der Waals surface area contributed by atoms with Gasteiger partial charge in [0.25, 0.3) is 0 Å². The SMILES string of the molecule is Fc1ccccc1-c1nc(-c2ccccc2F)nc(-c2ccccc2F)n1. The summed E-state index contributed by atoms with van der Waals surface area (Å²) in [4.78, 5) is 12.7. The summed E-state index contributed by atoms with van der Waals surface area (Å²) in [6.45, 7) is 0. The highest BCUT2D eigenvalue weighted by molar-refractivity contribution is 5.67. The van der Waals surface area contributed by atoms with Crippen molar-refractivity contribution in [3.8, 4) is 34.2 Å². The number of nitrogens with zero attached hydrogens (tertiary/aromatic N) is 3. The van der Waals surface area contributed by atoms with Gasteiger partial charge in [-0.2, -0.15) is 0 Å². The van der Waals surface area contributed by atoms with Crippen LogP contribution in [0.2, 0.25) is 0 Å². The topological polar surface area (TPSA) is 38.7 Å². The average molecular weight is 363 g/mol. The second kappa shape index (κ2) is 6.99. The molecular formula is C21H12F3N3. The predicted octanol–water partition coefficient (Wildman–Crippen LogP) is 5.29. The largest absolute Gasteiger partial charge is 0.208 e. The summed E-state index contributed by atoms with van der Waals surface area (Å²) < 4.78 is 42.8. The van der Waals surface area contributed by atoms with Crippen molar-refractivity contribution in [1.29, 1.82) is 0 Å². The van der Waals surface area contributed by atoms with E-state index in [1.807, 2.05) is 0 Å². The van der Waals surface area contributed by atoms with Gasteiger partial charge in [0.15, 0.2) is 17.5 Å². The van der Waals surface area contributed by atoms with E-state index in [1.165, 1.54) is 54.6 Å². The van der Waals surface area contributed by atoms with E-state index in [-0.39, 0.29) is 34.2 Å². The first-order valence-electron chi connectivity index (χ1n) is 8.14. The molecule has 1 heterocycles. The maximum absolute atomic E-state index is 14.3. The molecule has 0 aliphatic heterocycles. The summed E-state index contributed by atoms with van der Waals surface area (Å²) in [6.07, 6.45) is 0. The molecule has 3 nitrogen and oxygen atoms in total. The van der Waals surface area contributed by atoms with Crippen molar-refractivity contribution < 1.29 is 13.2 Å². The lowest BCUT2D eigenvalue weighted by atomic mass is 10.1. The minimum absolute atomic E-state index is 0.000365. The Labute approximate surface area is 153 Å². The van der Waals surface area contributed by atoms with E-state index in [2.05, 4.69) is 15.0 Å². The molecule has 4 aromatic rings. The van der Waals surface area contributed by atoms with Gasteiger partial charge in [-0.05, 0) is 36.4 Å². The highest BCUT2D eigenvalue weighted by atomic mass is 19.1. The third-order valence-corrected chi connectivity index (χ3v) is 3.98. The van der Waals surface area contributed by atoms with Crippen LogP contribution in [0.1, 0.15) is 0 Å². The minimum atomic E-state index is -0.539. The molecule has 1 aromatic heterocycles. The summed E-state index contributed by atoms with van der Waals surface area (Å²) in [5.41, 5.74) is 0.361. The molecule has 4 rings (SSSR count). The molecule has 3 aromatic carbocycles. The normalized spacial score (nSPS) is 10.8. The van der Waals surface area contributed by atoms with Crippen LogP contribution < -0.4 is 0 Å². The Morgan fingerprint density at radius 1 is 0.407 bits per heavy atom. The molecule has 0 amide bonds. The summed E-state index contributed by atoms with van der Waals surface area (Å²) in [5.74, 6) is -1.62. The van der Waals surface area contributed by atoms with Crippen molar-refractivity contribution in [2.45, 2.75) is 0 Å². The van der Waals surface area contributed by atoms with Crippen LogP contribution in [-0.2, 0) is 0 Å². The Hall–Kier alpha value is -3.54. The highest BCUT2D eigenvalue weighted by Crippen LogP contribution is 2.28. The molecule has 27 heavy (non-hydrogen) atoms. The third-order valence-electron chi connectivity index (χ3n) is 3.98. The molecule has 0 saturated heterocycles. The van der Waals surface area contributed by atoms with Gasteiger partial charge in [0.05, 0.1) is 16.7 Å². The lowest BCUT2D eigenvalue weighted by Gasteiger charge is -2.09. The van der Waals surface area contributed by atoms with Crippen LogP contribution in [-0.4, -0.2) is 15.0 Å². The average Bonchev–Trinajstić information content (AvgIpc) is 2.69. The lowest BCUT2D eigenvalue weighted by molar-refractivity contribution is 0.627. The Morgan fingerprint density at radius 3 is 0.926 bits per heavy atom. The third kappa shape index (κ3) is 3.29. The summed E-state index contributed by atoms with van der Waals surface area (Å²) in [5, 5.41) is 0. The molecule has 6 heteroatoms. The van der Waals surface area contributed by atoms with E-state index >= 15 is 0 Å². The van der Waals surface area contributed by atoms with E-state index in [0.29, 0.717) is 0 Å². The molecule has 0 unspecified atom stereocenters. The molecule has 0 saturated carbocycles. The van der Waals surface area contributed by atoms with Crippen molar-refractivity contribution in [2.24, 2.45) is 0 Å². The quantitative estimate of drug-likeness (QED) is 0.496. The zero-order chi connectivity index (χ0) is 18.8. The number of aromatic nitrogens is 3. The van der Waals surface area contributed by atoms with Gasteiger partial charge in [-0.15, -0.1) is 0 Å². The molecule has 0 aliphatic carbocycles. The van der Waals surface area contributed by atoms with Gasteiger partial charge in [-0.3, -0.25) is 0 Å². The molecule has 0 atom stereocenters. The molecular weight excluding hydrogens is 351 g/mol. The molecule has 0 radical (unpaired) electrons. The van der Waals surface area contributed by atoms with Crippen LogP contribution in [0.5, 0.6) is 0 Å². The van der Waals surface area contributed by atoms with E-state index < -0.39 is 17.5 Å². The number of benzene rings is 3. The Balaban J connectivity index is 1.99. The Morgan fingerprint density at radius 2 is 0.667 bits per heavy atom. The molecule has 0 bridgehead atoms. The maximum atomic E-state index is 14.3. The van der Waals surface area contributed by atoms with Gasteiger partial charge < -0.3 is 0 Å². The molecule has 0 fully saturated rings. The second-order valence-electron chi connectivity index (χ2n) is 5.75. The van der Waals surface area contributed by atoms with E-state index in [9.17, 15) is 13.2 Å². The van der Waals surface area contributed by atoms with Gasteiger partial charge in [-0.1, -0.05) is 36.4 Å². The predicted molar refractivity (Wildman–Crippen MR) is 96.0 cm³/mol. The first-order chi connectivity index (χ1) is 13.1. The molecule has 0 aliphatic rings. The first-order valence-corrected chi connectivity index (χ1v) is 8.14. The molecule has 0 N–H and O–H groups in total. The zero-order valence-corrected chi connectivity index (χ0v) is 13.9. The first kappa shape index (κ1) is 16.9. The molecule has 132 valence electrons. The van der Waals surface area contributed by atoms with Gasteiger partial charge in [0.2, 0.25) is 0 Å². The van der Waals surface area contributed by atoms with Gasteiger partial charge in [-0.25, -0.2) is 28.1 Å². The van der Waals surface area contributed by atoms with Gasteiger partial charge in [0.1, 0.15) is 17.5 Å². The standard InChI is InChI=1S/C21H12F3N3/c22-16-10-4-1-7-13(16)19-25-20(14-8-2-5-11-17(14)23)27-21(26-19)15-9-3-6-12-18(15)24/h1-12H. The van der Waals surface area contributed by atoms with Crippen LogP contribution in [0, 0.1) is 17.5 Å². The van der Waals surface area contributed by atoms with Crippen LogP contribution >= 0.6 is 0 Å². The highest BCUT2D eigenvalue weighted by Gasteiger charge is 2.17. The van der Waals surface area contributed by atoms with Crippen molar-refractivity contribution in [3.63, 3.8) is 0 Å². The van der Waals surface area contributed by atoms with Gasteiger partial charge in [0, 0.05) is 0 Å². The van der Waals surface area contributed by atoms with Crippen LogP contribution in [0.4, 0.5) is 13.2 Å². The number of rotatable bonds is 3. The van der Waals surface area contributed by atoms with E-state index in [0.717, 1.165) is 0 Å². The summed E-state index contributed by atoms with van der Waals surface area (Å²) in [7, 11) is 0. The van der Waals surface area contributed by atoms with Crippen molar-refractivity contribution in [2.75, 3.05) is 0 Å². The van der Waals surface area contributed by atoms with Crippen molar-refractivity contribution in [1.82, 2.24) is 15.0 Å². The minimum Gasteiger partial charge on any atom is -0.208 e. The van der Waals surface area contributed by atoms with Crippen molar-refractivity contribution >= 4 is 0 Å². The summed E-state index contributed by atoms with van der Waals surface area (Å²) >= 11 is 0. The van der Waals surface area contributed by atoms with Crippen molar-refractivity contribution in [3.05, 3.63) is 90.2 Å². The van der Waals surface area contributed by atoms with Crippen LogP contribution in [0.15, 0.2) is 72.8 Å². The van der Waals surface area contributed by atoms with Gasteiger partial charge >= 0.3 is 0 Å². The Bertz CT molecular complexity index is 975.